The number of hydrogen-bond donors (Lipinski definition) is 0. The first-order valence-electron chi connectivity index (χ1n) is 21.4. The highest BCUT2D eigenvalue weighted by atomic mass is 16.6. The highest BCUT2D eigenvalue weighted by Crippen LogP contribution is 2.22. The SMILES string of the molecule is CCCCCCCCCCCCCC(COC(=O)C(CCCCCCCCC)CCCCCCCCC)OC(=O)CCCCCN(C)C. The molecule has 0 aliphatic carbocycles. The molecule has 48 heavy (non-hydrogen) atoms. The summed E-state index contributed by atoms with van der Waals surface area (Å²) >= 11 is 0. The highest BCUT2D eigenvalue weighted by molar-refractivity contribution is 5.72. The molecule has 0 saturated carbocycles. The Morgan fingerprint density at radius 1 is 0.479 bits per heavy atom. The first kappa shape index (κ1) is 46.9. The molecule has 0 radical (unpaired) electrons. The van der Waals surface area contributed by atoms with E-state index in [-0.39, 0.29) is 30.6 Å². The zero-order chi connectivity index (χ0) is 35.3. The van der Waals surface area contributed by atoms with Crippen molar-refractivity contribution in [3.05, 3.63) is 0 Å². The van der Waals surface area contributed by atoms with Gasteiger partial charge in [-0.1, -0.05) is 181 Å². The van der Waals surface area contributed by atoms with E-state index in [4.69, 9.17) is 9.47 Å². The maximum atomic E-state index is 13.4. The zero-order valence-electron chi connectivity index (χ0n) is 33.3. The molecule has 0 bridgehead atoms. The molecule has 0 amide bonds. The summed E-state index contributed by atoms with van der Waals surface area (Å²) in [5, 5.41) is 0. The molecular weight excluding hydrogens is 594 g/mol. The van der Waals surface area contributed by atoms with Crippen LogP contribution in [-0.4, -0.2) is 50.2 Å². The number of unbranched alkanes of at least 4 members (excludes halogenated alkanes) is 24. The third-order valence-electron chi connectivity index (χ3n) is 9.97. The van der Waals surface area contributed by atoms with Crippen molar-refractivity contribution < 1.29 is 19.1 Å². The number of nitrogens with zero attached hydrogens (tertiary/aromatic N) is 1. The van der Waals surface area contributed by atoms with Crippen molar-refractivity contribution in [3.63, 3.8) is 0 Å². The minimum absolute atomic E-state index is 0.0219. The summed E-state index contributed by atoms with van der Waals surface area (Å²) in [6.07, 6.45) is 37.6. The fraction of sp³-hybridized carbons (Fsp3) is 0.953. The first-order valence-corrected chi connectivity index (χ1v) is 21.4. The molecular formula is C43H85NO4. The van der Waals surface area contributed by atoms with Crippen molar-refractivity contribution in [2.75, 3.05) is 27.2 Å². The van der Waals surface area contributed by atoms with E-state index in [9.17, 15) is 9.59 Å². The molecule has 286 valence electrons. The Labute approximate surface area is 300 Å². The Morgan fingerprint density at radius 2 is 0.854 bits per heavy atom. The lowest BCUT2D eigenvalue weighted by Crippen LogP contribution is -2.28. The van der Waals surface area contributed by atoms with Gasteiger partial charge < -0.3 is 14.4 Å². The average molecular weight is 680 g/mol. The molecule has 5 heteroatoms. The number of carbonyl (C=O) groups excluding carboxylic acids is 2. The monoisotopic (exact) mass is 680 g/mol. The van der Waals surface area contributed by atoms with Crippen LogP contribution in [0.15, 0.2) is 0 Å². The van der Waals surface area contributed by atoms with Crippen molar-refractivity contribution >= 4 is 11.9 Å². The second-order valence-electron chi connectivity index (χ2n) is 15.2. The molecule has 0 spiro atoms. The van der Waals surface area contributed by atoms with Crippen LogP contribution in [0.2, 0.25) is 0 Å². The van der Waals surface area contributed by atoms with Crippen molar-refractivity contribution in [3.8, 4) is 0 Å². The Morgan fingerprint density at radius 3 is 1.27 bits per heavy atom. The largest absolute Gasteiger partial charge is 0.462 e. The lowest BCUT2D eigenvalue weighted by atomic mass is 9.94. The normalized spacial score (nSPS) is 12.2. The maximum absolute atomic E-state index is 13.4. The van der Waals surface area contributed by atoms with Gasteiger partial charge in [-0.2, -0.15) is 0 Å². The van der Waals surface area contributed by atoms with Crippen LogP contribution in [-0.2, 0) is 19.1 Å². The van der Waals surface area contributed by atoms with E-state index >= 15 is 0 Å². The molecule has 0 aliphatic rings. The molecule has 0 N–H and O–H groups in total. The van der Waals surface area contributed by atoms with Gasteiger partial charge in [0.1, 0.15) is 12.7 Å². The Balaban J connectivity index is 4.85. The van der Waals surface area contributed by atoms with E-state index in [0.29, 0.717) is 6.42 Å². The van der Waals surface area contributed by atoms with Crippen LogP contribution in [0.25, 0.3) is 0 Å². The molecule has 0 aromatic rings. The lowest BCUT2D eigenvalue weighted by Gasteiger charge is -2.21. The lowest BCUT2D eigenvalue weighted by molar-refractivity contribution is -0.162. The number of esters is 2. The maximum Gasteiger partial charge on any atom is 0.309 e. The summed E-state index contributed by atoms with van der Waals surface area (Å²) < 4.78 is 11.9. The van der Waals surface area contributed by atoms with Gasteiger partial charge in [0.05, 0.1) is 5.92 Å². The van der Waals surface area contributed by atoms with Gasteiger partial charge in [0.25, 0.3) is 0 Å². The summed E-state index contributed by atoms with van der Waals surface area (Å²) in [7, 11) is 4.17. The number of hydrogen-bond acceptors (Lipinski definition) is 5. The van der Waals surface area contributed by atoms with Gasteiger partial charge in [-0.25, -0.2) is 0 Å². The molecule has 0 aromatic carbocycles. The van der Waals surface area contributed by atoms with Gasteiger partial charge in [-0.3, -0.25) is 9.59 Å². The van der Waals surface area contributed by atoms with E-state index in [1.807, 2.05) is 0 Å². The minimum atomic E-state index is -0.320. The Bertz CT molecular complexity index is 664. The first-order chi connectivity index (χ1) is 23.4. The molecule has 0 heterocycles. The summed E-state index contributed by atoms with van der Waals surface area (Å²) in [6, 6.07) is 0. The van der Waals surface area contributed by atoms with Gasteiger partial charge >= 0.3 is 11.9 Å². The second-order valence-corrected chi connectivity index (χ2v) is 15.2. The molecule has 0 rings (SSSR count). The predicted molar refractivity (Wildman–Crippen MR) is 208 cm³/mol. The van der Waals surface area contributed by atoms with Crippen LogP contribution >= 0.6 is 0 Å². The molecule has 0 aromatic heterocycles. The van der Waals surface area contributed by atoms with E-state index in [2.05, 4.69) is 39.8 Å². The Hall–Kier alpha value is -1.10. The number of ether oxygens (including phenoxy) is 2. The van der Waals surface area contributed by atoms with Crippen LogP contribution in [0, 0.1) is 5.92 Å². The van der Waals surface area contributed by atoms with Gasteiger partial charge in [0.2, 0.25) is 0 Å². The minimum Gasteiger partial charge on any atom is -0.462 e. The molecule has 1 unspecified atom stereocenters. The quantitative estimate of drug-likeness (QED) is 0.0480. The van der Waals surface area contributed by atoms with Crippen molar-refractivity contribution in [1.29, 1.82) is 0 Å². The molecule has 5 nitrogen and oxygen atoms in total. The van der Waals surface area contributed by atoms with Gasteiger partial charge in [0, 0.05) is 6.42 Å². The summed E-state index contributed by atoms with van der Waals surface area (Å²) in [4.78, 5) is 28.4. The van der Waals surface area contributed by atoms with Crippen LogP contribution in [0.5, 0.6) is 0 Å². The number of rotatable bonds is 38. The smallest absolute Gasteiger partial charge is 0.309 e. The molecule has 0 aliphatic heterocycles. The van der Waals surface area contributed by atoms with E-state index in [0.717, 1.165) is 70.8 Å². The third kappa shape index (κ3) is 33.4. The van der Waals surface area contributed by atoms with Crippen molar-refractivity contribution in [2.24, 2.45) is 5.92 Å². The van der Waals surface area contributed by atoms with E-state index < -0.39 is 0 Å². The summed E-state index contributed by atoms with van der Waals surface area (Å²) in [5.41, 5.74) is 0. The average Bonchev–Trinajstić information content (AvgIpc) is 3.07. The Kier molecular flexibility index (Phi) is 36.3. The van der Waals surface area contributed by atoms with E-state index in [1.165, 1.54) is 135 Å². The second kappa shape index (κ2) is 37.2. The van der Waals surface area contributed by atoms with E-state index in [1.54, 1.807) is 0 Å². The predicted octanol–water partition coefficient (Wildman–Crippen LogP) is 13.2. The fourth-order valence-electron chi connectivity index (χ4n) is 6.70. The summed E-state index contributed by atoms with van der Waals surface area (Å²) in [6.45, 7) is 8.06. The third-order valence-corrected chi connectivity index (χ3v) is 9.97. The van der Waals surface area contributed by atoms with Crippen LogP contribution in [0.3, 0.4) is 0 Å². The molecule has 0 saturated heterocycles. The number of carbonyl (C=O) groups is 2. The van der Waals surface area contributed by atoms with Crippen LogP contribution in [0.1, 0.15) is 226 Å². The van der Waals surface area contributed by atoms with Crippen molar-refractivity contribution in [2.45, 2.75) is 232 Å². The van der Waals surface area contributed by atoms with Gasteiger partial charge in [0.15, 0.2) is 0 Å². The topological polar surface area (TPSA) is 55.8 Å². The van der Waals surface area contributed by atoms with Crippen LogP contribution < -0.4 is 0 Å². The molecule has 1 atom stereocenters. The molecule has 0 fully saturated rings. The highest BCUT2D eigenvalue weighted by Gasteiger charge is 2.23. The van der Waals surface area contributed by atoms with Gasteiger partial charge in [-0.05, 0) is 59.2 Å². The zero-order valence-corrected chi connectivity index (χ0v) is 33.3. The standard InChI is InChI=1S/C43H85NO4/c1-6-9-12-15-18-19-20-21-24-27-31-36-41(48-42(45)37-32-28-33-38-44(4)5)39-47-43(46)40(34-29-25-22-16-13-10-7-2)35-30-26-23-17-14-11-8-3/h40-41H,6-39H2,1-5H3. The fourth-order valence-corrected chi connectivity index (χ4v) is 6.70. The van der Waals surface area contributed by atoms with Crippen molar-refractivity contribution in [1.82, 2.24) is 4.90 Å². The van der Waals surface area contributed by atoms with Gasteiger partial charge in [-0.15, -0.1) is 0 Å². The summed E-state index contributed by atoms with van der Waals surface area (Å²) in [5.74, 6) is -0.214. The van der Waals surface area contributed by atoms with Crippen LogP contribution in [0.4, 0.5) is 0 Å².